The fourth-order valence-electron chi connectivity index (χ4n) is 3.80. The lowest BCUT2D eigenvalue weighted by atomic mass is 10.00. The van der Waals surface area contributed by atoms with Crippen molar-refractivity contribution < 1.29 is 19.1 Å². The Balaban J connectivity index is 1.65. The Kier molecular flexibility index (Phi) is 5.16. The molecule has 2 fully saturated rings. The molecule has 1 aromatic carbocycles. The molecule has 1 aromatic rings. The van der Waals surface area contributed by atoms with E-state index < -0.39 is 0 Å². The lowest BCUT2D eigenvalue weighted by Crippen LogP contribution is -2.39. The maximum absolute atomic E-state index is 12.5. The molecular weight excluding hydrogens is 320 g/mol. The molecule has 2 aliphatic heterocycles. The maximum atomic E-state index is 12.5. The van der Waals surface area contributed by atoms with Crippen molar-refractivity contribution in [3.8, 4) is 11.5 Å². The second-order valence-corrected chi connectivity index (χ2v) is 6.94. The summed E-state index contributed by atoms with van der Waals surface area (Å²) in [6, 6.07) is 5.48. The van der Waals surface area contributed by atoms with Crippen LogP contribution in [-0.4, -0.2) is 55.1 Å². The fourth-order valence-corrected chi connectivity index (χ4v) is 3.80. The van der Waals surface area contributed by atoms with Gasteiger partial charge in [-0.1, -0.05) is 13.0 Å². The second kappa shape index (κ2) is 7.33. The van der Waals surface area contributed by atoms with E-state index in [0.29, 0.717) is 24.6 Å². The van der Waals surface area contributed by atoms with Crippen molar-refractivity contribution in [2.45, 2.75) is 38.6 Å². The van der Waals surface area contributed by atoms with Crippen LogP contribution in [0.5, 0.6) is 11.5 Å². The predicted molar refractivity (Wildman–Crippen MR) is 93.9 cm³/mol. The highest BCUT2D eigenvalue weighted by atomic mass is 16.5. The molecule has 25 heavy (non-hydrogen) atoms. The Labute approximate surface area is 148 Å². The van der Waals surface area contributed by atoms with Crippen LogP contribution in [-0.2, 0) is 11.2 Å². The number of hydrogen-bond acceptors (Lipinski definition) is 4. The summed E-state index contributed by atoms with van der Waals surface area (Å²) < 4.78 is 10.6. The first-order valence-electron chi connectivity index (χ1n) is 8.88. The monoisotopic (exact) mass is 346 g/mol. The van der Waals surface area contributed by atoms with E-state index in [9.17, 15) is 9.59 Å². The third-order valence-electron chi connectivity index (χ3n) is 5.06. The van der Waals surface area contributed by atoms with Gasteiger partial charge < -0.3 is 14.4 Å². The van der Waals surface area contributed by atoms with Crippen molar-refractivity contribution in [2.24, 2.45) is 5.92 Å². The maximum Gasteiger partial charge on any atom is 0.327 e. The van der Waals surface area contributed by atoms with Gasteiger partial charge in [0.1, 0.15) is 6.04 Å². The highest BCUT2D eigenvalue weighted by Crippen LogP contribution is 2.30. The number of imide groups is 1. The third-order valence-corrected chi connectivity index (χ3v) is 5.06. The molecule has 2 aliphatic rings. The van der Waals surface area contributed by atoms with Crippen molar-refractivity contribution in [3.63, 3.8) is 0 Å². The third kappa shape index (κ3) is 3.43. The minimum absolute atomic E-state index is 0.0242. The van der Waals surface area contributed by atoms with Crippen molar-refractivity contribution in [1.82, 2.24) is 9.80 Å². The number of fused-ring (bicyclic) bond motifs is 1. The first-order chi connectivity index (χ1) is 12.0. The molecule has 3 rings (SSSR count). The number of carbonyl (C=O) groups excluding carboxylic acids is 2. The van der Waals surface area contributed by atoms with Crippen LogP contribution < -0.4 is 9.47 Å². The molecule has 0 saturated carbocycles. The van der Waals surface area contributed by atoms with E-state index in [1.807, 2.05) is 18.2 Å². The van der Waals surface area contributed by atoms with E-state index in [1.165, 1.54) is 4.90 Å². The summed E-state index contributed by atoms with van der Waals surface area (Å²) in [5, 5.41) is 0. The molecule has 6 nitrogen and oxygen atoms in total. The number of urea groups is 1. The summed E-state index contributed by atoms with van der Waals surface area (Å²) in [6.45, 7) is 3.23. The van der Waals surface area contributed by atoms with Crippen LogP contribution in [0, 0.1) is 5.92 Å². The molecule has 6 heteroatoms. The zero-order valence-electron chi connectivity index (χ0n) is 15.2. The van der Waals surface area contributed by atoms with Crippen LogP contribution in [0.3, 0.4) is 0 Å². The van der Waals surface area contributed by atoms with Crippen molar-refractivity contribution >= 4 is 11.9 Å². The van der Waals surface area contributed by atoms with Crippen LogP contribution in [0.4, 0.5) is 4.79 Å². The van der Waals surface area contributed by atoms with Crippen molar-refractivity contribution in [3.05, 3.63) is 23.8 Å². The highest BCUT2D eigenvalue weighted by Gasteiger charge is 2.45. The number of amides is 3. The number of piperidine rings is 1. The second-order valence-electron chi connectivity index (χ2n) is 6.94. The highest BCUT2D eigenvalue weighted by molar-refractivity contribution is 6.04. The predicted octanol–water partition coefficient (Wildman–Crippen LogP) is 2.70. The number of rotatable bonds is 6. The van der Waals surface area contributed by atoms with Gasteiger partial charge in [0.25, 0.3) is 5.91 Å². The molecule has 0 N–H and O–H groups in total. The van der Waals surface area contributed by atoms with Gasteiger partial charge >= 0.3 is 6.03 Å². The summed E-state index contributed by atoms with van der Waals surface area (Å²) in [6.07, 6.45) is 3.58. The number of nitrogens with zero attached hydrogens (tertiary/aromatic N) is 2. The molecule has 136 valence electrons. The number of hydrogen-bond donors (Lipinski definition) is 0. The lowest BCUT2D eigenvalue weighted by molar-refractivity contribution is -0.129. The Morgan fingerprint density at radius 3 is 2.60 bits per heavy atom. The van der Waals surface area contributed by atoms with Crippen LogP contribution >= 0.6 is 0 Å². The minimum atomic E-state index is -0.227. The Morgan fingerprint density at radius 2 is 1.92 bits per heavy atom. The van der Waals surface area contributed by atoms with E-state index in [-0.39, 0.29) is 23.9 Å². The molecule has 2 atom stereocenters. The molecule has 2 heterocycles. The van der Waals surface area contributed by atoms with E-state index >= 15 is 0 Å². The fraction of sp³-hybridized carbons (Fsp3) is 0.579. The van der Waals surface area contributed by atoms with Gasteiger partial charge in [-0.2, -0.15) is 0 Å². The number of methoxy groups -OCH3 is 2. The number of benzene rings is 1. The van der Waals surface area contributed by atoms with E-state index in [1.54, 1.807) is 19.1 Å². The molecule has 2 saturated heterocycles. The van der Waals surface area contributed by atoms with Crippen LogP contribution in [0.15, 0.2) is 18.2 Å². The summed E-state index contributed by atoms with van der Waals surface area (Å²) >= 11 is 0. The van der Waals surface area contributed by atoms with Crippen molar-refractivity contribution in [2.75, 3.05) is 27.3 Å². The van der Waals surface area contributed by atoms with E-state index in [0.717, 1.165) is 31.2 Å². The summed E-state index contributed by atoms with van der Waals surface area (Å²) in [5.74, 6) is 1.54. The van der Waals surface area contributed by atoms with Crippen LogP contribution in [0.25, 0.3) is 0 Å². The largest absolute Gasteiger partial charge is 0.493 e. The molecule has 3 amide bonds. The Bertz CT molecular complexity index is 637. The topological polar surface area (TPSA) is 59.1 Å². The standard InChI is InChI=1S/C19H26N2O4/c1-13(10-14-7-8-16(24-2)17(11-14)25-3)12-21-18(22)15-6-4-5-9-20(15)19(21)23/h7-8,11,13,15H,4-6,9-10,12H2,1-3H3/t13-,15-/m1/s1. The van der Waals surface area contributed by atoms with Gasteiger partial charge in [-0.25, -0.2) is 4.79 Å². The summed E-state index contributed by atoms with van der Waals surface area (Å²) in [5.41, 5.74) is 1.10. The quantitative estimate of drug-likeness (QED) is 0.743. The SMILES string of the molecule is COc1ccc(C[C@@H](C)CN2C(=O)[C@H]3CCCCN3C2=O)cc1OC. The number of ether oxygens (including phenoxy) is 2. The smallest absolute Gasteiger partial charge is 0.327 e. The average Bonchev–Trinajstić information content (AvgIpc) is 2.87. The Morgan fingerprint density at radius 1 is 1.16 bits per heavy atom. The molecule has 0 bridgehead atoms. The zero-order valence-corrected chi connectivity index (χ0v) is 15.2. The molecule has 0 unspecified atom stereocenters. The Hall–Kier alpha value is -2.24. The summed E-state index contributed by atoms with van der Waals surface area (Å²) in [4.78, 5) is 28.3. The summed E-state index contributed by atoms with van der Waals surface area (Å²) in [7, 11) is 3.22. The molecular formula is C19H26N2O4. The van der Waals surface area contributed by atoms with Gasteiger partial charge in [0.15, 0.2) is 11.5 Å². The molecule has 0 radical (unpaired) electrons. The molecule has 0 aliphatic carbocycles. The van der Waals surface area contributed by atoms with E-state index in [2.05, 4.69) is 6.92 Å². The first-order valence-corrected chi connectivity index (χ1v) is 8.88. The van der Waals surface area contributed by atoms with Gasteiger partial charge in [-0.05, 0) is 49.3 Å². The van der Waals surface area contributed by atoms with Gasteiger partial charge in [0.2, 0.25) is 0 Å². The van der Waals surface area contributed by atoms with Gasteiger partial charge in [-0.15, -0.1) is 0 Å². The van der Waals surface area contributed by atoms with Crippen LogP contribution in [0.1, 0.15) is 31.7 Å². The zero-order chi connectivity index (χ0) is 18.0. The molecule has 0 spiro atoms. The average molecular weight is 346 g/mol. The van der Waals surface area contributed by atoms with Gasteiger partial charge in [0.05, 0.1) is 14.2 Å². The lowest BCUT2D eigenvalue weighted by Gasteiger charge is -2.26. The normalized spacial score (nSPS) is 21.3. The van der Waals surface area contributed by atoms with Gasteiger partial charge in [0, 0.05) is 13.1 Å². The first kappa shape index (κ1) is 17.6. The van der Waals surface area contributed by atoms with E-state index in [4.69, 9.17) is 9.47 Å². The number of carbonyl (C=O) groups is 2. The minimum Gasteiger partial charge on any atom is -0.493 e. The van der Waals surface area contributed by atoms with Crippen LogP contribution in [0.2, 0.25) is 0 Å². The van der Waals surface area contributed by atoms with Crippen molar-refractivity contribution in [1.29, 1.82) is 0 Å². The molecule has 0 aromatic heterocycles. The van der Waals surface area contributed by atoms with Gasteiger partial charge in [-0.3, -0.25) is 9.69 Å².